The van der Waals surface area contributed by atoms with E-state index in [9.17, 15) is 5.11 Å². The molecule has 0 saturated carbocycles. The van der Waals surface area contributed by atoms with Gasteiger partial charge in [-0.2, -0.15) is 5.26 Å². The van der Waals surface area contributed by atoms with Crippen LogP contribution in [0.2, 0.25) is 0 Å². The number of nitriles is 1. The predicted molar refractivity (Wildman–Crippen MR) is 39.5 cm³/mol. The van der Waals surface area contributed by atoms with Gasteiger partial charge in [-0.25, -0.2) is 0 Å². The van der Waals surface area contributed by atoms with Gasteiger partial charge >= 0.3 is 0 Å². The van der Waals surface area contributed by atoms with Crippen LogP contribution in [-0.4, -0.2) is 5.11 Å². The molecule has 10 heavy (non-hydrogen) atoms. The molecule has 1 N–H and O–H groups in total. The summed E-state index contributed by atoms with van der Waals surface area (Å²) in [4.78, 5) is 0.863. The highest BCUT2D eigenvalue weighted by Crippen LogP contribution is 2.20. The van der Waals surface area contributed by atoms with Gasteiger partial charge in [-0.3, -0.25) is 0 Å². The Kier molecular flexibility index (Phi) is 2.43. The van der Waals surface area contributed by atoms with E-state index in [1.165, 1.54) is 11.3 Å². The Labute approximate surface area is 63.4 Å². The van der Waals surface area contributed by atoms with Gasteiger partial charge in [0, 0.05) is 4.88 Å². The fourth-order valence-corrected chi connectivity index (χ4v) is 1.38. The van der Waals surface area contributed by atoms with Crippen LogP contribution in [0, 0.1) is 11.3 Å². The van der Waals surface area contributed by atoms with E-state index in [4.69, 9.17) is 5.26 Å². The summed E-state index contributed by atoms with van der Waals surface area (Å²) < 4.78 is 0. The molecule has 0 aliphatic heterocycles. The standard InChI is InChI=1S/C7H7NOS/c8-4-3-6(9)7-2-1-5-10-7/h1-2,5-6,9H,3H2. The smallest absolute Gasteiger partial charge is 0.101 e. The maximum absolute atomic E-state index is 9.20. The van der Waals surface area contributed by atoms with Crippen LogP contribution in [0.5, 0.6) is 0 Å². The van der Waals surface area contributed by atoms with Crippen LogP contribution in [0.3, 0.4) is 0 Å². The molecule has 1 rings (SSSR count). The molecule has 0 aromatic carbocycles. The number of aliphatic hydroxyl groups is 1. The zero-order valence-electron chi connectivity index (χ0n) is 5.32. The van der Waals surface area contributed by atoms with Crippen molar-refractivity contribution in [3.8, 4) is 6.07 Å². The van der Waals surface area contributed by atoms with Crippen LogP contribution >= 0.6 is 11.3 Å². The Morgan fingerprint density at radius 3 is 3.10 bits per heavy atom. The first kappa shape index (κ1) is 7.26. The first-order valence-electron chi connectivity index (χ1n) is 2.93. The van der Waals surface area contributed by atoms with Crippen LogP contribution in [0.25, 0.3) is 0 Å². The second kappa shape index (κ2) is 3.35. The van der Waals surface area contributed by atoms with Crippen molar-refractivity contribution in [3.05, 3.63) is 22.4 Å². The lowest BCUT2D eigenvalue weighted by Crippen LogP contribution is -1.90. The van der Waals surface area contributed by atoms with E-state index < -0.39 is 6.10 Å². The van der Waals surface area contributed by atoms with Crippen molar-refractivity contribution in [3.63, 3.8) is 0 Å². The molecule has 52 valence electrons. The maximum Gasteiger partial charge on any atom is 0.101 e. The molecule has 1 aromatic heterocycles. The topological polar surface area (TPSA) is 44.0 Å². The van der Waals surface area contributed by atoms with Crippen molar-refractivity contribution in [1.82, 2.24) is 0 Å². The molecule has 0 radical (unpaired) electrons. The molecule has 2 nitrogen and oxygen atoms in total. The number of hydrogen-bond donors (Lipinski definition) is 1. The monoisotopic (exact) mass is 153 g/mol. The maximum atomic E-state index is 9.20. The SMILES string of the molecule is N#CCC(O)c1cccs1. The van der Waals surface area contributed by atoms with Gasteiger partial charge in [0.15, 0.2) is 0 Å². The van der Waals surface area contributed by atoms with Crippen LogP contribution < -0.4 is 0 Å². The minimum absolute atomic E-state index is 0.181. The summed E-state index contributed by atoms with van der Waals surface area (Å²) in [6.07, 6.45) is -0.412. The third-order valence-corrected chi connectivity index (χ3v) is 2.13. The number of aliphatic hydroxyl groups excluding tert-OH is 1. The third kappa shape index (κ3) is 1.56. The van der Waals surface area contributed by atoms with Gasteiger partial charge in [0.2, 0.25) is 0 Å². The molecule has 0 fully saturated rings. The highest BCUT2D eigenvalue weighted by Gasteiger charge is 2.05. The van der Waals surface area contributed by atoms with Gasteiger partial charge in [-0.05, 0) is 11.4 Å². The first-order valence-corrected chi connectivity index (χ1v) is 3.81. The lowest BCUT2D eigenvalue weighted by atomic mass is 10.2. The largest absolute Gasteiger partial charge is 0.386 e. The number of thiophene rings is 1. The fraction of sp³-hybridized carbons (Fsp3) is 0.286. The second-order valence-electron chi connectivity index (χ2n) is 1.89. The van der Waals surface area contributed by atoms with E-state index in [-0.39, 0.29) is 6.42 Å². The van der Waals surface area contributed by atoms with Crippen LogP contribution in [0.15, 0.2) is 17.5 Å². The molecule has 1 aromatic rings. The van der Waals surface area contributed by atoms with Crippen molar-refractivity contribution in [2.45, 2.75) is 12.5 Å². The Hall–Kier alpha value is -0.850. The van der Waals surface area contributed by atoms with E-state index in [0.717, 1.165) is 4.88 Å². The number of hydrogen-bond acceptors (Lipinski definition) is 3. The Morgan fingerprint density at radius 1 is 1.80 bits per heavy atom. The summed E-state index contributed by atoms with van der Waals surface area (Å²) in [5.41, 5.74) is 0. The number of rotatable bonds is 2. The molecule has 0 amide bonds. The number of nitrogens with zero attached hydrogens (tertiary/aromatic N) is 1. The molecule has 1 unspecified atom stereocenters. The third-order valence-electron chi connectivity index (χ3n) is 1.16. The van der Waals surface area contributed by atoms with Crippen molar-refractivity contribution >= 4 is 11.3 Å². The summed E-state index contributed by atoms with van der Waals surface area (Å²) in [6.45, 7) is 0. The minimum Gasteiger partial charge on any atom is -0.386 e. The van der Waals surface area contributed by atoms with Crippen molar-refractivity contribution < 1.29 is 5.11 Å². The van der Waals surface area contributed by atoms with Crippen molar-refractivity contribution in [1.29, 1.82) is 5.26 Å². The van der Waals surface area contributed by atoms with Gasteiger partial charge in [0.05, 0.1) is 12.5 Å². The molecular weight excluding hydrogens is 146 g/mol. The average molecular weight is 153 g/mol. The quantitative estimate of drug-likeness (QED) is 0.702. The average Bonchev–Trinajstić information content (AvgIpc) is 2.38. The summed E-state index contributed by atoms with van der Waals surface area (Å²) in [6, 6.07) is 5.60. The minimum atomic E-state index is -0.593. The molecule has 0 bridgehead atoms. The van der Waals surface area contributed by atoms with Crippen LogP contribution in [-0.2, 0) is 0 Å². The summed E-state index contributed by atoms with van der Waals surface area (Å²) in [5, 5.41) is 19.3. The van der Waals surface area contributed by atoms with Crippen LogP contribution in [0.1, 0.15) is 17.4 Å². The summed E-state index contributed by atoms with van der Waals surface area (Å²) in [5.74, 6) is 0. The predicted octanol–water partition coefficient (Wildman–Crippen LogP) is 1.70. The lowest BCUT2D eigenvalue weighted by molar-refractivity contribution is 0.187. The molecule has 0 saturated heterocycles. The van der Waals surface area contributed by atoms with E-state index in [1.54, 1.807) is 0 Å². The van der Waals surface area contributed by atoms with Gasteiger partial charge in [-0.1, -0.05) is 6.07 Å². The van der Waals surface area contributed by atoms with E-state index in [2.05, 4.69) is 0 Å². The van der Waals surface area contributed by atoms with Crippen molar-refractivity contribution in [2.75, 3.05) is 0 Å². The van der Waals surface area contributed by atoms with E-state index >= 15 is 0 Å². The van der Waals surface area contributed by atoms with Crippen LogP contribution in [0.4, 0.5) is 0 Å². The van der Waals surface area contributed by atoms with Crippen molar-refractivity contribution in [2.24, 2.45) is 0 Å². The normalized spacial score (nSPS) is 12.4. The van der Waals surface area contributed by atoms with Gasteiger partial charge in [0.1, 0.15) is 6.10 Å². The zero-order valence-corrected chi connectivity index (χ0v) is 6.14. The van der Waals surface area contributed by atoms with Gasteiger partial charge in [-0.15, -0.1) is 11.3 Å². The molecule has 3 heteroatoms. The Morgan fingerprint density at radius 2 is 2.60 bits per heavy atom. The zero-order chi connectivity index (χ0) is 7.40. The Bertz CT molecular complexity index is 224. The van der Waals surface area contributed by atoms with E-state index in [0.29, 0.717) is 0 Å². The van der Waals surface area contributed by atoms with Gasteiger partial charge in [0.25, 0.3) is 0 Å². The van der Waals surface area contributed by atoms with E-state index in [1.807, 2.05) is 23.6 Å². The highest BCUT2D eigenvalue weighted by atomic mass is 32.1. The Balaban J connectivity index is 2.61. The lowest BCUT2D eigenvalue weighted by Gasteiger charge is -1.99. The molecule has 1 heterocycles. The molecule has 1 atom stereocenters. The van der Waals surface area contributed by atoms with Gasteiger partial charge < -0.3 is 5.11 Å². The summed E-state index contributed by atoms with van der Waals surface area (Å²) in [7, 11) is 0. The molecular formula is C7H7NOS. The molecule has 0 spiro atoms. The fourth-order valence-electron chi connectivity index (χ4n) is 0.668. The summed E-state index contributed by atoms with van der Waals surface area (Å²) >= 11 is 1.47. The molecule has 0 aliphatic rings. The first-order chi connectivity index (χ1) is 4.84. The highest BCUT2D eigenvalue weighted by molar-refractivity contribution is 7.10. The molecule has 0 aliphatic carbocycles. The second-order valence-corrected chi connectivity index (χ2v) is 2.87.